The molecule has 0 saturated heterocycles. The van der Waals surface area contributed by atoms with Crippen molar-refractivity contribution in [2.45, 2.75) is 47.3 Å². The van der Waals surface area contributed by atoms with Gasteiger partial charge in [-0.3, -0.25) is 9.48 Å². The Kier molecular flexibility index (Phi) is 7.25. The molecule has 0 aliphatic carbocycles. The van der Waals surface area contributed by atoms with E-state index in [-0.39, 0.29) is 5.91 Å². The number of anilines is 1. The van der Waals surface area contributed by atoms with E-state index >= 15 is 0 Å². The van der Waals surface area contributed by atoms with Crippen LogP contribution in [-0.4, -0.2) is 27.8 Å². The summed E-state index contributed by atoms with van der Waals surface area (Å²) in [5, 5.41) is 7.34. The maximum Gasteiger partial charge on any atom is 0.331 e. The number of ether oxygens (including phenoxy) is 1. The average molecular weight is 432 g/mol. The SMILES string of the molecule is Cc1ccc(Cn2nc(C)c(/C=C/C(=O)OC(C)C(=O)Nc3ccc(C)cc3)c2C)cc1. The van der Waals surface area contributed by atoms with Crippen LogP contribution in [0.15, 0.2) is 54.6 Å². The summed E-state index contributed by atoms with van der Waals surface area (Å²) in [6.07, 6.45) is 2.11. The molecule has 2 aromatic carbocycles. The fraction of sp³-hybridized carbons (Fsp3) is 0.269. The molecular weight excluding hydrogens is 402 g/mol. The lowest BCUT2D eigenvalue weighted by Gasteiger charge is -2.12. The summed E-state index contributed by atoms with van der Waals surface area (Å²) in [6, 6.07) is 15.7. The number of benzene rings is 2. The van der Waals surface area contributed by atoms with Crippen molar-refractivity contribution in [3.63, 3.8) is 0 Å². The van der Waals surface area contributed by atoms with Crippen LogP contribution in [0.3, 0.4) is 0 Å². The second-order valence-electron chi connectivity index (χ2n) is 8.00. The van der Waals surface area contributed by atoms with E-state index in [9.17, 15) is 9.59 Å². The molecule has 1 atom stereocenters. The zero-order chi connectivity index (χ0) is 23.3. The molecule has 1 heterocycles. The monoisotopic (exact) mass is 431 g/mol. The Morgan fingerprint density at radius 1 is 1.00 bits per heavy atom. The number of hydrogen-bond donors (Lipinski definition) is 1. The van der Waals surface area contributed by atoms with E-state index < -0.39 is 12.1 Å². The number of rotatable bonds is 7. The first-order valence-electron chi connectivity index (χ1n) is 10.6. The van der Waals surface area contributed by atoms with Crippen LogP contribution in [0.5, 0.6) is 0 Å². The summed E-state index contributed by atoms with van der Waals surface area (Å²) in [5.74, 6) is -0.962. The quantitative estimate of drug-likeness (QED) is 0.433. The molecule has 0 saturated carbocycles. The summed E-state index contributed by atoms with van der Waals surface area (Å²) in [6.45, 7) is 10.1. The third kappa shape index (κ3) is 5.94. The van der Waals surface area contributed by atoms with Gasteiger partial charge in [-0.2, -0.15) is 5.10 Å². The molecule has 1 amide bonds. The number of aromatic nitrogens is 2. The highest BCUT2D eigenvalue weighted by Crippen LogP contribution is 2.17. The molecule has 6 nitrogen and oxygen atoms in total. The van der Waals surface area contributed by atoms with Crippen molar-refractivity contribution in [2.75, 3.05) is 5.32 Å². The van der Waals surface area contributed by atoms with E-state index in [2.05, 4.69) is 41.6 Å². The molecule has 0 radical (unpaired) electrons. The van der Waals surface area contributed by atoms with Gasteiger partial charge >= 0.3 is 5.97 Å². The number of aryl methyl sites for hydroxylation is 3. The van der Waals surface area contributed by atoms with E-state index in [1.165, 1.54) is 11.6 Å². The van der Waals surface area contributed by atoms with Gasteiger partial charge in [0.1, 0.15) is 0 Å². The van der Waals surface area contributed by atoms with Crippen LogP contribution in [0, 0.1) is 27.7 Å². The Morgan fingerprint density at radius 2 is 1.59 bits per heavy atom. The number of nitrogens with zero attached hydrogens (tertiary/aromatic N) is 2. The minimum absolute atomic E-state index is 0.381. The van der Waals surface area contributed by atoms with E-state index in [0.717, 1.165) is 28.1 Å². The number of hydrogen-bond acceptors (Lipinski definition) is 4. The molecule has 0 aliphatic heterocycles. The van der Waals surface area contributed by atoms with Gasteiger partial charge < -0.3 is 10.1 Å². The van der Waals surface area contributed by atoms with Crippen molar-refractivity contribution < 1.29 is 14.3 Å². The smallest absolute Gasteiger partial charge is 0.331 e. The molecule has 1 aromatic heterocycles. The Balaban J connectivity index is 1.60. The molecule has 0 bridgehead atoms. The molecule has 3 rings (SSSR count). The van der Waals surface area contributed by atoms with E-state index in [4.69, 9.17) is 4.74 Å². The highest BCUT2D eigenvalue weighted by atomic mass is 16.5. The zero-order valence-electron chi connectivity index (χ0n) is 19.2. The maximum absolute atomic E-state index is 12.3. The van der Waals surface area contributed by atoms with Gasteiger partial charge in [0, 0.05) is 23.0 Å². The molecule has 32 heavy (non-hydrogen) atoms. The van der Waals surface area contributed by atoms with Crippen LogP contribution in [0.2, 0.25) is 0 Å². The van der Waals surface area contributed by atoms with Gasteiger partial charge in [0.2, 0.25) is 0 Å². The van der Waals surface area contributed by atoms with Gasteiger partial charge in [-0.25, -0.2) is 4.79 Å². The fourth-order valence-corrected chi connectivity index (χ4v) is 3.27. The maximum atomic E-state index is 12.3. The Hall–Kier alpha value is -3.67. The lowest BCUT2D eigenvalue weighted by atomic mass is 10.1. The van der Waals surface area contributed by atoms with Crippen LogP contribution >= 0.6 is 0 Å². The third-order valence-electron chi connectivity index (χ3n) is 5.26. The van der Waals surface area contributed by atoms with Crippen LogP contribution < -0.4 is 5.32 Å². The molecule has 1 unspecified atom stereocenters. The number of nitrogens with one attached hydrogen (secondary N) is 1. The fourth-order valence-electron chi connectivity index (χ4n) is 3.27. The third-order valence-corrected chi connectivity index (χ3v) is 5.26. The van der Waals surface area contributed by atoms with E-state index in [1.807, 2.05) is 49.7 Å². The number of amides is 1. The van der Waals surface area contributed by atoms with E-state index in [0.29, 0.717) is 12.2 Å². The topological polar surface area (TPSA) is 73.2 Å². The zero-order valence-corrected chi connectivity index (χ0v) is 19.2. The molecule has 0 fully saturated rings. The van der Waals surface area contributed by atoms with Crippen LogP contribution in [0.25, 0.3) is 6.08 Å². The van der Waals surface area contributed by atoms with Gasteiger partial charge in [-0.05, 0) is 58.4 Å². The number of carbonyl (C=O) groups excluding carboxylic acids is 2. The lowest BCUT2D eigenvalue weighted by molar-refractivity contribution is -0.148. The van der Waals surface area contributed by atoms with Gasteiger partial charge in [-0.1, -0.05) is 47.5 Å². The lowest BCUT2D eigenvalue weighted by Crippen LogP contribution is -2.29. The molecule has 1 N–H and O–H groups in total. The van der Waals surface area contributed by atoms with Gasteiger partial charge in [0.05, 0.1) is 12.2 Å². The van der Waals surface area contributed by atoms with Crippen LogP contribution in [0.4, 0.5) is 5.69 Å². The summed E-state index contributed by atoms with van der Waals surface area (Å²) in [7, 11) is 0. The largest absolute Gasteiger partial charge is 0.449 e. The van der Waals surface area contributed by atoms with Crippen molar-refractivity contribution in [3.8, 4) is 0 Å². The number of esters is 1. The predicted octanol–water partition coefficient (Wildman–Crippen LogP) is 4.75. The first-order chi connectivity index (χ1) is 15.2. The Bertz CT molecular complexity index is 1130. The second-order valence-corrected chi connectivity index (χ2v) is 8.00. The van der Waals surface area contributed by atoms with Gasteiger partial charge in [-0.15, -0.1) is 0 Å². The second kappa shape index (κ2) is 10.1. The van der Waals surface area contributed by atoms with Crippen LogP contribution in [-0.2, 0) is 20.9 Å². The highest BCUT2D eigenvalue weighted by molar-refractivity contribution is 5.96. The minimum atomic E-state index is -0.917. The molecular formula is C26H29N3O3. The Morgan fingerprint density at radius 3 is 2.22 bits per heavy atom. The average Bonchev–Trinajstić information content (AvgIpc) is 3.02. The minimum Gasteiger partial charge on any atom is -0.449 e. The molecule has 166 valence electrons. The Labute approximate surface area is 188 Å². The highest BCUT2D eigenvalue weighted by Gasteiger charge is 2.17. The number of carbonyl (C=O) groups is 2. The van der Waals surface area contributed by atoms with Gasteiger partial charge in [0.25, 0.3) is 5.91 Å². The first-order valence-corrected chi connectivity index (χ1v) is 10.6. The molecule has 6 heteroatoms. The van der Waals surface area contributed by atoms with Crippen molar-refractivity contribution >= 4 is 23.6 Å². The van der Waals surface area contributed by atoms with Crippen molar-refractivity contribution in [1.29, 1.82) is 0 Å². The van der Waals surface area contributed by atoms with E-state index in [1.54, 1.807) is 13.0 Å². The van der Waals surface area contributed by atoms with Crippen LogP contribution in [0.1, 0.15) is 40.6 Å². The van der Waals surface area contributed by atoms with Crippen molar-refractivity contribution in [2.24, 2.45) is 0 Å². The van der Waals surface area contributed by atoms with Crippen molar-refractivity contribution in [1.82, 2.24) is 9.78 Å². The summed E-state index contributed by atoms with van der Waals surface area (Å²) >= 11 is 0. The molecule has 0 spiro atoms. The molecule has 3 aromatic rings. The normalized spacial score (nSPS) is 12.0. The summed E-state index contributed by atoms with van der Waals surface area (Å²) in [4.78, 5) is 24.6. The summed E-state index contributed by atoms with van der Waals surface area (Å²) in [5.41, 5.74) is 6.77. The van der Waals surface area contributed by atoms with Gasteiger partial charge in [0.15, 0.2) is 6.10 Å². The first kappa shape index (κ1) is 23.0. The van der Waals surface area contributed by atoms with Crippen molar-refractivity contribution in [3.05, 3.63) is 88.2 Å². The molecule has 0 aliphatic rings. The predicted molar refractivity (Wildman–Crippen MR) is 126 cm³/mol. The summed E-state index contributed by atoms with van der Waals surface area (Å²) < 4.78 is 7.18. The standard InChI is InChI=1S/C26H29N3O3/c1-17-6-10-22(11-7-17)16-29-20(4)24(19(3)28-29)14-15-25(30)32-21(5)26(31)27-23-12-8-18(2)9-13-23/h6-15,21H,16H2,1-5H3,(H,27,31)/b15-14+.